The molecule has 1 atom stereocenters. The van der Waals surface area contributed by atoms with Crippen LogP contribution in [0.25, 0.3) is 0 Å². The van der Waals surface area contributed by atoms with Gasteiger partial charge in [-0.3, -0.25) is 19.8 Å². The van der Waals surface area contributed by atoms with E-state index in [9.17, 15) is 22.8 Å². The summed E-state index contributed by atoms with van der Waals surface area (Å²) in [5, 5.41) is 7.73. The van der Waals surface area contributed by atoms with E-state index in [0.29, 0.717) is 30.1 Å². The molecule has 1 aliphatic heterocycles. The minimum atomic E-state index is -4.28. The van der Waals surface area contributed by atoms with Crippen molar-refractivity contribution in [2.24, 2.45) is 11.7 Å². The predicted molar refractivity (Wildman–Crippen MR) is 150 cm³/mol. The number of amides is 1. The number of hydrogen-bond donors (Lipinski definition) is 3. The van der Waals surface area contributed by atoms with Gasteiger partial charge in [-0.2, -0.15) is 4.72 Å². The molecule has 0 radical (unpaired) electrons. The van der Waals surface area contributed by atoms with Gasteiger partial charge in [0.25, 0.3) is 0 Å². The molecule has 10 heteroatoms. The number of amidine groups is 1. The normalized spacial score (nSPS) is 16.3. The van der Waals surface area contributed by atoms with Crippen molar-refractivity contribution >= 4 is 33.3 Å². The van der Waals surface area contributed by atoms with E-state index in [2.05, 4.69) is 11.6 Å². The Bertz CT molecular complexity index is 1640. The summed E-state index contributed by atoms with van der Waals surface area (Å²) in [6, 6.07) is 15.9. The minimum absolute atomic E-state index is 0.00799. The van der Waals surface area contributed by atoms with Crippen molar-refractivity contribution in [3.63, 3.8) is 0 Å². The van der Waals surface area contributed by atoms with Gasteiger partial charge in [-0.25, -0.2) is 8.42 Å². The molecule has 4 N–H and O–H groups in total. The number of nitrogens with zero attached hydrogens (tertiary/aromatic N) is 1. The van der Waals surface area contributed by atoms with Crippen LogP contribution in [-0.4, -0.2) is 55.8 Å². The molecule has 1 aliphatic carbocycles. The minimum Gasteiger partial charge on any atom is -0.384 e. The van der Waals surface area contributed by atoms with Crippen molar-refractivity contribution in [2.75, 3.05) is 13.1 Å². The Balaban J connectivity index is 1.47. The van der Waals surface area contributed by atoms with Gasteiger partial charge in [0.05, 0.1) is 4.90 Å². The highest BCUT2D eigenvalue weighted by atomic mass is 32.2. The molecule has 0 bridgehead atoms. The maximum Gasteiger partial charge on any atom is 0.241 e. The van der Waals surface area contributed by atoms with E-state index in [4.69, 9.17) is 11.1 Å². The summed E-state index contributed by atoms with van der Waals surface area (Å²) in [4.78, 5) is 41.2. The Kier molecular flexibility index (Phi) is 7.39. The third-order valence-electron chi connectivity index (χ3n) is 7.58. The number of sulfonamides is 1. The molecule has 1 fully saturated rings. The second kappa shape index (κ2) is 10.8. The number of fused-ring (bicyclic) bond motifs is 2. The zero-order valence-electron chi connectivity index (χ0n) is 22.0. The van der Waals surface area contributed by atoms with Crippen LogP contribution in [0.15, 0.2) is 71.6 Å². The molecule has 0 unspecified atom stereocenters. The largest absolute Gasteiger partial charge is 0.384 e. The molecule has 1 heterocycles. The van der Waals surface area contributed by atoms with Crippen LogP contribution >= 0.6 is 0 Å². The standard InChI is InChI=1S/C30H30N4O5S/c1-18-11-13-34(14-12-18)30(37)26(16-19-5-4-6-20(15-19)29(31)32)33-40(38,39)21-9-10-24-25(17-21)28(36)23-8-3-2-7-22(23)27(24)35/h2-10,15,17-18,26,33H,11-14,16H2,1H3,(H3,31,32)/t26-/m0/s1. The van der Waals surface area contributed by atoms with Crippen molar-refractivity contribution in [1.82, 2.24) is 9.62 Å². The summed E-state index contributed by atoms with van der Waals surface area (Å²) in [5.41, 5.74) is 7.39. The van der Waals surface area contributed by atoms with Gasteiger partial charge in [0.1, 0.15) is 11.9 Å². The van der Waals surface area contributed by atoms with Gasteiger partial charge in [-0.1, -0.05) is 49.4 Å². The van der Waals surface area contributed by atoms with Gasteiger partial charge in [0.15, 0.2) is 11.6 Å². The molecule has 5 rings (SSSR count). The Morgan fingerprint density at radius 3 is 2.23 bits per heavy atom. The van der Waals surface area contributed by atoms with Gasteiger partial charge in [-0.15, -0.1) is 0 Å². The van der Waals surface area contributed by atoms with Crippen molar-refractivity contribution in [2.45, 2.75) is 37.1 Å². The van der Waals surface area contributed by atoms with E-state index in [1.54, 1.807) is 53.4 Å². The Labute approximate surface area is 232 Å². The number of likely N-dealkylation sites (tertiary alicyclic amines) is 1. The number of nitrogens with one attached hydrogen (secondary N) is 2. The van der Waals surface area contributed by atoms with Crippen LogP contribution in [0.2, 0.25) is 0 Å². The first-order chi connectivity index (χ1) is 19.0. The number of piperidine rings is 1. The second-order valence-corrected chi connectivity index (χ2v) is 12.1. The molecule has 1 saturated heterocycles. The monoisotopic (exact) mass is 558 g/mol. The molecule has 3 aromatic carbocycles. The number of carbonyl (C=O) groups is 3. The summed E-state index contributed by atoms with van der Waals surface area (Å²) < 4.78 is 29.8. The van der Waals surface area contributed by atoms with E-state index in [-0.39, 0.29) is 51.1 Å². The zero-order chi connectivity index (χ0) is 28.6. The maximum absolute atomic E-state index is 13.6. The fourth-order valence-electron chi connectivity index (χ4n) is 5.23. The first kappa shape index (κ1) is 27.4. The summed E-state index contributed by atoms with van der Waals surface area (Å²) >= 11 is 0. The lowest BCUT2D eigenvalue weighted by molar-refractivity contribution is -0.134. The lowest BCUT2D eigenvalue weighted by Crippen LogP contribution is -2.51. The molecule has 0 spiro atoms. The second-order valence-electron chi connectivity index (χ2n) is 10.4. The van der Waals surface area contributed by atoms with E-state index in [1.165, 1.54) is 18.2 Å². The topological polar surface area (TPSA) is 150 Å². The lowest BCUT2D eigenvalue weighted by Gasteiger charge is -2.33. The van der Waals surface area contributed by atoms with Crippen LogP contribution in [0.1, 0.15) is 62.7 Å². The number of nitrogen functional groups attached to an aromatic ring is 1. The molecule has 2 aliphatic rings. The van der Waals surface area contributed by atoms with Gasteiger partial charge in [0, 0.05) is 40.9 Å². The van der Waals surface area contributed by atoms with Crippen molar-refractivity contribution in [3.05, 3.63) is 100 Å². The van der Waals surface area contributed by atoms with Crippen LogP contribution in [0.4, 0.5) is 0 Å². The van der Waals surface area contributed by atoms with Gasteiger partial charge in [-0.05, 0) is 55.0 Å². The quantitative estimate of drug-likeness (QED) is 0.234. The van der Waals surface area contributed by atoms with Gasteiger partial charge >= 0.3 is 0 Å². The van der Waals surface area contributed by atoms with Crippen LogP contribution in [-0.2, 0) is 21.2 Å². The van der Waals surface area contributed by atoms with Crippen molar-refractivity contribution < 1.29 is 22.8 Å². The highest BCUT2D eigenvalue weighted by Gasteiger charge is 2.34. The number of rotatable bonds is 7. The first-order valence-electron chi connectivity index (χ1n) is 13.1. The summed E-state index contributed by atoms with van der Waals surface area (Å²) in [7, 11) is -4.28. The summed E-state index contributed by atoms with van der Waals surface area (Å²) in [6.45, 7) is 3.18. The van der Waals surface area contributed by atoms with Gasteiger partial charge < -0.3 is 10.6 Å². The highest BCUT2D eigenvalue weighted by Crippen LogP contribution is 2.29. The average Bonchev–Trinajstić information content (AvgIpc) is 2.95. The molecule has 206 valence electrons. The average molecular weight is 559 g/mol. The van der Waals surface area contributed by atoms with Crippen molar-refractivity contribution in [3.8, 4) is 0 Å². The zero-order valence-corrected chi connectivity index (χ0v) is 22.8. The molecular formula is C30H30N4O5S. The van der Waals surface area contributed by atoms with E-state index >= 15 is 0 Å². The van der Waals surface area contributed by atoms with E-state index in [1.807, 2.05) is 0 Å². The van der Waals surface area contributed by atoms with Crippen LogP contribution in [0.3, 0.4) is 0 Å². The molecule has 0 aromatic heterocycles. The molecule has 9 nitrogen and oxygen atoms in total. The number of hydrogen-bond acceptors (Lipinski definition) is 6. The van der Waals surface area contributed by atoms with Crippen LogP contribution < -0.4 is 10.5 Å². The predicted octanol–water partition coefficient (Wildman–Crippen LogP) is 2.89. The molecule has 40 heavy (non-hydrogen) atoms. The van der Waals surface area contributed by atoms with E-state index in [0.717, 1.165) is 12.8 Å². The number of carbonyl (C=O) groups excluding carboxylic acids is 3. The van der Waals surface area contributed by atoms with E-state index < -0.39 is 21.8 Å². The fraction of sp³-hybridized carbons (Fsp3) is 0.267. The molecule has 0 saturated carbocycles. The molecular weight excluding hydrogens is 528 g/mol. The third kappa shape index (κ3) is 5.32. The summed E-state index contributed by atoms with van der Waals surface area (Å²) in [6.07, 6.45) is 1.70. The first-order valence-corrected chi connectivity index (χ1v) is 14.6. The fourth-order valence-corrected chi connectivity index (χ4v) is 6.45. The van der Waals surface area contributed by atoms with Crippen molar-refractivity contribution in [1.29, 1.82) is 5.41 Å². The summed E-state index contributed by atoms with van der Waals surface area (Å²) in [5.74, 6) is -0.780. The molecule has 3 aromatic rings. The molecule has 1 amide bonds. The number of benzene rings is 3. The Morgan fingerprint density at radius 2 is 1.57 bits per heavy atom. The SMILES string of the molecule is CC1CCN(C(=O)[C@H](Cc2cccc(C(=N)N)c2)NS(=O)(=O)c2ccc3c(c2)C(=O)c2ccccc2C3=O)CC1. The lowest BCUT2D eigenvalue weighted by atomic mass is 9.84. The maximum atomic E-state index is 13.6. The Hall–Kier alpha value is -4.15. The number of ketones is 2. The number of nitrogens with two attached hydrogens (primary N) is 1. The van der Waals surface area contributed by atoms with Crippen LogP contribution in [0, 0.1) is 11.3 Å². The highest BCUT2D eigenvalue weighted by molar-refractivity contribution is 7.89. The smallest absolute Gasteiger partial charge is 0.241 e. The Morgan fingerprint density at radius 1 is 0.950 bits per heavy atom. The van der Waals surface area contributed by atoms with Gasteiger partial charge in [0.2, 0.25) is 15.9 Å². The third-order valence-corrected chi connectivity index (χ3v) is 9.04. The van der Waals surface area contributed by atoms with Crippen LogP contribution in [0.5, 0.6) is 0 Å².